The van der Waals surface area contributed by atoms with Gasteiger partial charge in [-0.05, 0) is 0 Å². The molecule has 0 aliphatic heterocycles. The molecule has 0 aromatic carbocycles. The highest BCUT2D eigenvalue weighted by Crippen LogP contribution is 1.98. The van der Waals surface area contributed by atoms with Crippen LogP contribution in [0.1, 0.15) is 12.8 Å². The molecule has 10 nitrogen and oxygen atoms in total. The summed E-state index contributed by atoms with van der Waals surface area (Å²) in [5, 5.41) is 0. The second-order valence-corrected chi connectivity index (χ2v) is 5.73. The van der Waals surface area contributed by atoms with Gasteiger partial charge in [-0.15, -0.1) is 0 Å². The Morgan fingerprint density at radius 2 is 1.06 bits per heavy atom. The summed E-state index contributed by atoms with van der Waals surface area (Å²) in [7, 11) is -8.92. The highest BCUT2D eigenvalue weighted by molar-refractivity contribution is 7.85. The Hall–Kier alpha value is -1.24. The van der Waals surface area contributed by atoms with Crippen LogP contribution >= 0.6 is 0 Å². The van der Waals surface area contributed by atoms with Crippen molar-refractivity contribution >= 4 is 32.2 Å². The molecule has 0 aliphatic carbocycles. The Bertz CT molecular complexity index is 452. The molecule has 2 N–H and O–H groups in total. The molecule has 0 aromatic heterocycles. The van der Waals surface area contributed by atoms with Crippen LogP contribution < -0.4 is 0 Å². The molecule has 0 amide bonds. The minimum Gasteiger partial charge on any atom is -0.447 e. The molecule has 0 rings (SSSR count). The second kappa shape index (κ2) is 6.63. The fourth-order valence-corrected chi connectivity index (χ4v) is 1.19. The zero-order valence-corrected chi connectivity index (χ0v) is 10.4. The van der Waals surface area contributed by atoms with Crippen molar-refractivity contribution in [3.63, 3.8) is 0 Å². The number of esters is 2. The lowest BCUT2D eigenvalue weighted by Gasteiger charge is -2.03. The topological polar surface area (TPSA) is 161 Å². The van der Waals surface area contributed by atoms with Crippen LogP contribution in [0.15, 0.2) is 0 Å². The van der Waals surface area contributed by atoms with Gasteiger partial charge in [0.2, 0.25) is 11.9 Å². The van der Waals surface area contributed by atoms with Crippen LogP contribution in [0, 0.1) is 0 Å². The van der Waals surface area contributed by atoms with Gasteiger partial charge >= 0.3 is 32.2 Å². The lowest BCUT2D eigenvalue weighted by molar-refractivity contribution is -0.148. The molecule has 0 unspecified atom stereocenters. The van der Waals surface area contributed by atoms with Gasteiger partial charge in [0.05, 0.1) is 12.8 Å². The van der Waals surface area contributed by atoms with Crippen molar-refractivity contribution in [2.75, 3.05) is 11.9 Å². The van der Waals surface area contributed by atoms with E-state index in [1.54, 1.807) is 0 Å². The summed E-state index contributed by atoms with van der Waals surface area (Å²) in [6.07, 6.45) is -1.14. The zero-order valence-electron chi connectivity index (χ0n) is 8.81. The molecule has 12 heteroatoms. The predicted octanol–water partition coefficient (Wildman–Crippen LogP) is -1.46. The summed E-state index contributed by atoms with van der Waals surface area (Å²) < 4.78 is 65.3. The van der Waals surface area contributed by atoms with Gasteiger partial charge < -0.3 is 9.47 Å². The molecule has 0 saturated carbocycles. The molecule has 0 spiro atoms. The third-order valence-electron chi connectivity index (χ3n) is 1.27. The highest BCUT2D eigenvalue weighted by atomic mass is 32.2. The summed E-state index contributed by atoms with van der Waals surface area (Å²) in [5.74, 6) is -4.69. The van der Waals surface area contributed by atoms with E-state index in [-0.39, 0.29) is 0 Å². The fourth-order valence-electron chi connectivity index (χ4n) is 0.629. The van der Waals surface area contributed by atoms with E-state index in [1.807, 2.05) is 0 Å². The Morgan fingerprint density at radius 1 is 0.778 bits per heavy atom. The molecule has 0 fully saturated rings. The van der Waals surface area contributed by atoms with Crippen LogP contribution in [0.25, 0.3) is 0 Å². The largest absolute Gasteiger partial charge is 0.447 e. The number of hydrogen-bond acceptors (Lipinski definition) is 8. The number of carbonyl (C=O) groups is 2. The van der Waals surface area contributed by atoms with E-state index < -0.39 is 56.9 Å². The maximum Gasteiger partial charge on any atom is 0.307 e. The van der Waals surface area contributed by atoms with Gasteiger partial charge in [-0.3, -0.25) is 18.7 Å². The third kappa shape index (κ3) is 11.3. The first kappa shape index (κ1) is 16.8. The molecule has 106 valence electrons. The molecule has 0 bridgehead atoms. The third-order valence-corrected chi connectivity index (χ3v) is 2.10. The molecule has 0 aliphatic rings. The fraction of sp³-hybridized carbons (Fsp3) is 0.667. The van der Waals surface area contributed by atoms with Crippen molar-refractivity contribution in [1.82, 2.24) is 0 Å². The van der Waals surface area contributed by atoms with Crippen LogP contribution in [-0.2, 0) is 39.3 Å². The van der Waals surface area contributed by atoms with Gasteiger partial charge in [0.25, 0.3) is 0 Å². The van der Waals surface area contributed by atoms with E-state index in [9.17, 15) is 26.4 Å². The van der Waals surface area contributed by atoms with E-state index >= 15 is 0 Å². The number of ether oxygens (including phenoxy) is 2. The molecular weight excluding hydrogens is 296 g/mol. The van der Waals surface area contributed by atoms with Crippen molar-refractivity contribution < 1.29 is 45.0 Å². The molecule has 0 aromatic rings. The van der Waals surface area contributed by atoms with Crippen molar-refractivity contribution in [1.29, 1.82) is 0 Å². The van der Waals surface area contributed by atoms with Gasteiger partial charge in [0.1, 0.15) is 0 Å². The Morgan fingerprint density at radius 3 is 1.28 bits per heavy atom. The Kier molecular flexibility index (Phi) is 6.17. The van der Waals surface area contributed by atoms with E-state index in [0.717, 1.165) is 0 Å². The summed E-state index contributed by atoms with van der Waals surface area (Å²) in [6.45, 7) is 0. The first-order valence-electron chi connectivity index (χ1n) is 4.21. The Balaban J connectivity index is 3.89. The van der Waals surface area contributed by atoms with Crippen molar-refractivity contribution in [2.24, 2.45) is 0 Å². The van der Waals surface area contributed by atoms with Crippen molar-refractivity contribution in [3.05, 3.63) is 0 Å². The monoisotopic (exact) mass is 306 g/mol. The van der Waals surface area contributed by atoms with Gasteiger partial charge in [0, 0.05) is 0 Å². The van der Waals surface area contributed by atoms with E-state index in [0.29, 0.717) is 0 Å². The maximum absolute atomic E-state index is 10.8. The average molecular weight is 306 g/mol. The first-order valence-corrected chi connectivity index (χ1v) is 7.43. The highest BCUT2D eigenvalue weighted by Gasteiger charge is 2.14. The van der Waals surface area contributed by atoms with Gasteiger partial charge in [-0.25, -0.2) is 0 Å². The minimum atomic E-state index is -4.46. The Labute approximate surface area is 102 Å². The molecule has 18 heavy (non-hydrogen) atoms. The summed E-state index contributed by atoms with van der Waals surface area (Å²) in [4.78, 5) is 21.6. The van der Waals surface area contributed by atoms with Gasteiger partial charge in [-0.1, -0.05) is 0 Å². The summed E-state index contributed by atoms with van der Waals surface area (Å²) >= 11 is 0. The van der Waals surface area contributed by atoms with Crippen LogP contribution in [0.4, 0.5) is 0 Å². The number of rotatable bonds is 7. The standard InChI is InChI=1S/C6H10O10S2/c7-5(15-3-17(9,10)11)1-2-6(8)16-4-18(12,13)14/h1-4H2,(H,9,10,11)(H,12,13,14). The van der Waals surface area contributed by atoms with E-state index in [1.165, 1.54) is 0 Å². The lowest BCUT2D eigenvalue weighted by atomic mass is 10.3. The minimum absolute atomic E-state index is 0.570. The summed E-state index contributed by atoms with van der Waals surface area (Å²) in [6, 6.07) is 0. The van der Waals surface area contributed by atoms with E-state index in [2.05, 4.69) is 9.47 Å². The van der Waals surface area contributed by atoms with Crippen LogP contribution in [0.3, 0.4) is 0 Å². The van der Waals surface area contributed by atoms with Crippen LogP contribution in [0.5, 0.6) is 0 Å². The van der Waals surface area contributed by atoms with Crippen LogP contribution in [-0.4, -0.2) is 49.8 Å². The smallest absolute Gasteiger partial charge is 0.307 e. The van der Waals surface area contributed by atoms with Gasteiger partial charge in [0.15, 0.2) is 0 Å². The van der Waals surface area contributed by atoms with Crippen molar-refractivity contribution in [2.45, 2.75) is 12.8 Å². The molecule has 0 heterocycles. The van der Waals surface area contributed by atoms with Crippen LogP contribution in [0.2, 0.25) is 0 Å². The van der Waals surface area contributed by atoms with Gasteiger partial charge in [-0.2, -0.15) is 16.8 Å². The number of hydrogen-bond donors (Lipinski definition) is 2. The second-order valence-electron chi connectivity index (χ2n) is 2.93. The zero-order chi connectivity index (χ0) is 14.4. The first-order chi connectivity index (χ1) is 7.99. The van der Waals surface area contributed by atoms with Crippen molar-refractivity contribution in [3.8, 4) is 0 Å². The predicted molar refractivity (Wildman–Crippen MR) is 54.2 cm³/mol. The molecular formula is C6H10O10S2. The normalized spacial score (nSPS) is 11.9. The average Bonchev–Trinajstić information content (AvgIpc) is 2.18. The van der Waals surface area contributed by atoms with E-state index in [4.69, 9.17) is 9.11 Å². The maximum atomic E-state index is 10.8. The molecule has 0 atom stereocenters. The quantitative estimate of drug-likeness (QED) is 0.420. The molecule has 0 saturated heterocycles. The molecule has 0 radical (unpaired) electrons. The number of carbonyl (C=O) groups excluding carboxylic acids is 2. The SMILES string of the molecule is O=C(CCC(=O)OCS(=O)(=O)O)OCS(=O)(=O)O. The lowest BCUT2D eigenvalue weighted by Crippen LogP contribution is -2.17. The summed E-state index contributed by atoms with van der Waals surface area (Å²) in [5.41, 5.74) is 0.